The molecule has 0 saturated carbocycles. The van der Waals surface area contributed by atoms with Crippen LogP contribution < -0.4 is 0 Å². The van der Waals surface area contributed by atoms with Crippen LogP contribution in [0.3, 0.4) is 0 Å². The number of carbonyl (C=O) groups is 1. The Bertz CT molecular complexity index is 1040. The fourth-order valence-corrected chi connectivity index (χ4v) is 103. The van der Waals surface area contributed by atoms with Crippen molar-refractivity contribution in [3.8, 4) is 0 Å². The SMILES string of the molecule is CCCCCCC1(CCCCCC)O[Si](CCCCCC)(CCCCCC)[Si](CCCCCC)(CCCCCC)[Si](CCCCCC)(CCCCCC)[Si]1(CCCCCC)OC(C)=O. The Morgan fingerprint density at radius 1 is 0.344 bits per heavy atom. The second-order valence-corrected chi connectivity index (χ2v) is 54.4. The smallest absolute Gasteiger partial charge is 0.289 e. The van der Waals surface area contributed by atoms with Gasteiger partial charge in [0.2, 0.25) is 0 Å². The maximum atomic E-state index is 14.8. The van der Waals surface area contributed by atoms with Crippen LogP contribution in [0, 0.1) is 0 Å². The van der Waals surface area contributed by atoms with Crippen molar-refractivity contribution in [2.45, 2.75) is 361 Å². The fraction of sp³-hybridized carbons (Fsp3) is 0.982. The largest absolute Gasteiger partial charge is 0.520 e. The summed E-state index contributed by atoms with van der Waals surface area (Å²) in [5, 5.41) is -0.181. The molecule has 0 aromatic carbocycles. The molecule has 0 aliphatic carbocycles. The quantitative estimate of drug-likeness (QED) is 0.0450. The van der Waals surface area contributed by atoms with Gasteiger partial charge in [-0.1, -0.05) is 318 Å². The van der Waals surface area contributed by atoms with Crippen molar-refractivity contribution in [2.24, 2.45) is 0 Å². The maximum absolute atomic E-state index is 14.8. The number of hydrogen-bond acceptors (Lipinski definition) is 3. The highest BCUT2D eigenvalue weighted by Gasteiger charge is 2.83. The summed E-state index contributed by atoms with van der Waals surface area (Å²) in [5.41, 5.74) is 0. The number of hydrogen-bond donors (Lipinski definition) is 0. The summed E-state index contributed by atoms with van der Waals surface area (Å²) in [4.78, 5) is 14.8. The van der Waals surface area contributed by atoms with Crippen LogP contribution in [0.25, 0.3) is 0 Å². The van der Waals surface area contributed by atoms with Crippen LogP contribution in [-0.2, 0) is 13.6 Å². The molecule has 382 valence electrons. The molecule has 3 nitrogen and oxygen atoms in total. The van der Waals surface area contributed by atoms with E-state index in [9.17, 15) is 9.22 Å². The van der Waals surface area contributed by atoms with Gasteiger partial charge in [-0.3, -0.25) is 4.79 Å². The van der Waals surface area contributed by atoms with Crippen molar-refractivity contribution >= 4 is 35.9 Å². The van der Waals surface area contributed by atoms with E-state index in [0.717, 1.165) is 0 Å². The molecule has 1 fully saturated rings. The van der Waals surface area contributed by atoms with Gasteiger partial charge >= 0.3 is 0 Å². The Morgan fingerprint density at radius 3 is 0.906 bits per heavy atom. The van der Waals surface area contributed by atoms with E-state index < -0.39 is 29.9 Å². The summed E-state index contributed by atoms with van der Waals surface area (Å²) in [6, 6.07) is 10.3. The molecule has 0 amide bonds. The minimum absolute atomic E-state index is 0.108. The van der Waals surface area contributed by atoms with Gasteiger partial charge in [-0.2, -0.15) is 0 Å². The Hall–Kier alpha value is 0.298. The van der Waals surface area contributed by atoms with Crippen molar-refractivity contribution in [2.75, 3.05) is 0 Å². The zero-order valence-electron chi connectivity index (χ0n) is 46.0. The van der Waals surface area contributed by atoms with E-state index in [-0.39, 0.29) is 11.2 Å². The zero-order valence-corrected chi connectivity index (χ0v) is 50.0. The van der Waals surface area contributed by atoms with Crippen molar-refractivity contribution in [1.82, 2.24) is 0 Å². The molecule has 0 N–H and O–H groups in total. The summed E-state index contributed by atoms with van der Waals surface area (Å²) in [7, 11) is -9.85. The molecular formula is C57H120O3Si4. The third kappa shape index (κ3) is 19.2. The van der Waals surface area contributed by atoms with E-state index in [1.165, 1.54) is 274 Å². The van der Waals surface area contributed by atoms with Crippen molar-refractivity contribution in [3.05, 3.63) is 0 Å². The summed E-state index contributed by atoms with van der Waals surface area (Å²) in [6.45, 7) is 23.7. The summed E-state index contributed by atoms with van der Waals surface area (Å²) >= 11 is 0. The first-order valence-corrected chi connectivity index (χ1v) is 42.3. The van der Waals surface area contributed by atoms with Crippen LogP contribution in [0.15, 0.2) is 0 Å². The van der Waals surface area contributed by atoms with Crippen LogP contribution in [0.5, 0.6) is 0 Å². The molecule has 1 heterocycles. The summed E-state index contributed by atoms with van der Waals surface area (Å²) < 4.78 is 17.4. The van der Waals surface area contributed by atoms with Gasteiger partial charge in [0.05, 0.1) is 19.4 Å². The van der Waals surface area contributed by atoms with Crippen molar-refractivity contribution in [3.63, 3.8) is 0 Å². The topological polar surface area (TPSA) is 35.5 Å². The molecular weight excluding hydrogens is 845 g/mol. The van der Waals surface area contributed by atoms with Crippen LogP contribution >= 0.6 is 0 Å². The third-order valence-corrected chi connectivity index (χ3v) is 78.2. The molecule has 1 atom stereocenters. The highest BCUT2D eigenvalue weighted by molar-refractivity contribution is 7.84. The van der Waals surface area contributed by atoms with E-state index in [1.807, 2.05) is 6.92 Å². The molecule has 0 bridgehead atoms. The van der Waals surface area contributed by atoms with E-state index in [1.54, 1.807) is 12.1 Å². The standard InChI is InChI=1S/C57H120O3Si4/c1-11-20-29-38-47-57(48-39-30-21-12-2)60-61(49-40-31-22-13-3,50-41-32-23-14-4)62(51-42-33-24-15-5,52-43-34-25-16-6)63(53-44-35-26-17-7,54-45-36-27-18-8)64(57,59-56(10)58)55-46-37-28-19-9/h11-55H2,1-10H3. The molecule has 1 aliphatic heterocycles. The zero-order chi connectivity index (χ0) is 47.3. The lowest BCUT2D eigenvalue weighted by Gasteiger charge is -2.73. The molecule has 0 aromatic heterocycles. The Balaban J connectivity index is 4.98. The molecule has 0 radical (unpaired) electrons. The van der Waals surface area contributed by atoms with Crippen LogP contribution in [0.2, 0.25) is 42.3 Å². The molecule has 1 rings (SSSR count). The Morgan fingerprint density at radius 2 is 0.609 bits per heavy atom. The van der Waals surface area contributed by atoms with E-state index >= 15 is 0 Å². The first kappa shape index (κ1) is 62.3. The van der Waals surface area contributed by atoms with Gasteiger partial charge in [0.1, 0.15) is 0 Å². The monoisotopic (exact) mass is 965 g/mol. The van der Waals surface area contributed by atoms with Gasteiger partial charge in [-0.25, -0.2) is 0 Å². The average molecular weight is 966 g/mol. The normalized spacial score (nSPS) is 18.7. The van der Waals surface area contributed by atoms with Gasteiger partial charge in [-0.15, -0.1) is 0 Å². The van der Waals surface area contributed by atoms with Gasteiger partial charge in [0, 0.05) is 6.92 Å². The van der Waals surface area contributed by atoms with Gasteiger partial charge in [0.15, 0.2) is 7.83 Å². The summed E-state index contributed by atoms with van der Waals surface area (Å²) in [5.74, 6) is 0.108. The summed E-state index contributed by atoms with van der Waals surface area (Å²) in [6.07, 6.45) is 51.0. The van der Waals surface area contributed by atoms with Crippen LogP contribution in [0.1, 0.15) is 313 Å². The van der Waals surface area contributed by atoms with E-state index in [0.29, 0.717) is 0 Å². The first-order chi connectivity index (χ1) is 31.2. The maximum Gasteiger partial charge on any atom is 0.289 e. The molecule has 64 heavy (non-hydrogen) atoms. The predicted molar refractivity (Wildman–Crippen MR) is 299 cm³/mol. The fourth-order valence-electron chi connectivity index (χ4n) is 13.7. The first-order valence-electron chi connectivity index (χ1n) is 30.1. The number of unbranched alkanes of at least 4 members (excludes halogenated alkanes) is 27. The number of carbonyl (C=O) groups excluding carboxylic acids is 1. The molecule has 1 aliphatic rings. The molecule has 1 saturated heterocycles. The Kier molecular flexibility index (Phi) is 37.1. The van der Waals surface area contributed by atoms with Crippen molar-refractivity contribution in [1.29, 1.82) is 0 Å². The van der Waals surface area contributed by atoms with Gasteiger partial charge < -0.3 is 8.85 Å². The van der Waals surface area contributed by atoms with Gasteiger partial charge in [-0.05, 0) is 31.0 Å². The molecule has 0 spiro atoms. The lowest BCUT2D eigenvalue weighted by atomic mass is 10.0. The second-order valence-electron chi connectivity index (χ2n) is 22.0. The van der Waals surface area contributed by atoms with Gasteiger partial charge in [0.25, 0.3) is 13.8 Å². The average Bonchev–Trinajstić information content (AvgIpc) is 3.29. The van der Waals surface area contributed by atoms with E-state index in [4.69, 9.17) is 4.43 Å². The Labute approximate surface area is 408 Å². The lowest BCUT2D eigenvalue weighted by molar-refractivity contribution is -0.133. The third-order valence-electron chi connectivity index (χ3n) is 17.0. The minimum Gasteiger partial charge on any atom is -0.520 e. The highest BCUT2D eigenvalue weighted by Crippen LogP contribution is 2.63. The van der Waals surface area contributed by atoms with Crippen LogP contribution in [-0.4, -0.2) is 41.1 Å². The predicted octanol–water partition coefficient (Wildman–Crippen LogP) is 20.9. The lowest BCUT2D eigenvalue weighted by Crippen LogP contribution is -2.97. The second kappa shape index (κ2) is 38.1. The molecule has 1 unspecified atom stereocenters. The van der Waals surface area contributed by atoms with E-state index in [2.05, 4.69) is 62.3 Å². The minimum atomic E-state index is -2.90. The molecule has 7 heteroatoms. The highest BCUT2D eigenvalue weighted by atomic mass is 29.8. The molecule has 0 aromatic rings. The number of rotatable bonds is 46. The van der Waals surface area contributed by atoms with Crippen LogP contribution in [0.4, 0.5) is 0 Å². The van der Waals surface area contributed by atoms with Crippen molar-refractivity contribution < 1.29 is 13.6 Å².